The summed E-state index contributed by atoms with van der Waals surface area (Å²) in [5.74, 6) is 0.715. The molecule has 0 aliphatic carbocycles. The minimum atomic E-state index is -0.00199. The number of nitrogens with two attached hydrogens (primary N) is 1. The Morgan fingerprint density at radius 3 is 3.00 bits per heavy atom. The highest BCUT2D eigenvalue weighted by atomic mass is 35.5. The normalized spacial score (nSPS) is 18.9. The Kier molecular flexibility index (Phi) is 2.11. The van der Waals surface area contributed by atoms with Gasteiger partial charge in [0.15, 0.2) is 0 Å². The van der Waals surface area contributed by atoms with Crippen molar-refractivity contribution in [3.05, 3.63) is 28.3 Å². The number of amidine groups is 1. The molecular formula is C10H11ClN2O. The van der Waals surface area contributed by atoms with Crippen LogP contribution < -0.4 is 10.5 Å². The van der Waals surface area contributed by atoms with Crippen molar-refractivity contribution < 1.29 is 4.74 Å². The molecule has 0 saturated heterocycles. The van der Waals surface area contributed by atoms with Gasteiger partial charge in [0.2, 0.25) is 0 Å². The number of halogens is 1. The standard InChI is InChI=1S/C10H11ClN2O/c1-5-2-6-3-7(11)4-8(10(12)13)9(6)14-5/h3-5H,2H2,1H3,(H3,12,13). The van der Waals surface area contributed by atoms with Gasteiger partial charge in [0.25, 0.3) is 0 Å². The van der Waals surface area contributed by atoms with Crippen molar-refractivity contribution in [2.75, 3.05) is 0 Å². The molecule has 4 heteroatoms. The first kappa shape index (κ1) is 9.34. The second kappa shape index (κ2) is 3.17. The SMILES string of the molecule is CC1Cc2cc(Cl)cc(C(=N)N)c2O1. The van der Waals surface area contributed by atoms with Crippen LogP contribution in [0.25, 0.3) is 0 Å². The number of hydrogen-bond acceptors (Lipinski definition) is 2. The Balaban J connectivity index is 2.57. The smallest absolute Gasteiger partial charge is 0.134 e. The number of rotatable bonds is 1. The predicted octanol–water partition coefficient (Wildman–Crippen LogP) is 1.95. The number of ether oxygens (including phenoxy) is 1. The van der Waals surface area contributed by atoms with Gasteiger partial charge in [-0.3, -0.25) is 5.41 Å². The fraction of sp³-hybridized carbons (Fsp3) is 0.300. The largest absolute Gasteiger partial charge is 0.489 e. The van der Waals surface area contributed by atoms with E-state index >= 15 is 0 Å². The van der Waals surface area contributed by atoms with Crippen LogP contribution in [0.1, 0.15) is 18.1 Å². The van der Waals surface area contributed by atoms with E-state index in [0.717, 1.165) is 17.7 Å². The molecule has 0 aromatic heterocycles. The fourth-order valence-electron chi connectivity index (χ4n) is 1.69. The Morgan fingerprint density at radius 1 is 1.64 bits per heavy atom. The first-order valence-electron chi connectivity index (χ1n) is 4.41. The van der Waals surface area contributed by atoms with E-state index in [1.54, 1.807) is 6.07 Å². The lowest BCUT2D eigenvalue weighted by atomic mass is 10.1. The van der Waals surface area contributed by atoms with E-state index in [-0.39, 0.29) is 11.9 Å². The van der Waals surface area contributed by atoms with Crippen LogP contribution in [0.2, 0.25) is 5.02 Å². The van der Waals surface area contributed by atoms with E-state index < -0.39 is 0 Å². The summed E-state index contributed by atoms with van der Waals surface area (Å²) in [6.07, 6.45) is 0.970. The molecule has 14 heavy (non-hydrogen) atoms. The Morgan fingerprint density at radius 2 is 2.36 bits per heavy atom. The molecule has 3 nitrogen and oxygen atoms in total. The second-order valence-corrected chi connectivity index (χ2v) is 3.92. The molecule has 1 aliphatic rings. The number of fused-ring (bicyclic) bond motifs is 1. The molecule has 74 valence electrons. The maximum atomic E-state index is 7.41. The van der Waals surface area contributed by atoms with Gasteiger partial charge in [-0.2, -0.15) is 0 Å². The summed E-state index contributed by atoms with van der Waals surface area (Å²) < 4.78 is 5.57. The van der Waals surface area contributed by atoms with Crippen molar-refractivity contribution >= 4 is 17.4 Å². The van der Waals surface area contributed by atoms with Gasteiger partial charge in [-0.05, 0) is 19.1 Å². The van der Waals surface area contributed by atoms with Gasteiger partial charge in [-0.15, -0.1) is 0 Å². The Bertz CT molecular complexity index is 403. The molecule has 1 unspecified atom stereocenters. The van der Waals surface area contributed by atoms with Crippen molar-refractivity contribution in [1.29, 1.82) is 5.41 Å². The van der Waals surface area contributed by atoms with Gasteiger partial charge in [-0.25, -0.2) is 0 Å². The third kappa shape index (κ3) is 1.44. The number of nitrogen functional groups attached to an aromatic ring is 1. The number of benzene rings is 1. The fourth-order valence-corrected chi connectivity index (χ4v) is 1.93. The van der Waals surface area contributed by atoms with Gasteiger partial charge in [0.1, 0.15) is 17.7 Å². The summed E-state index contributed by atoms with van der Waals surface area (Å²) in [5, 5.41) is 8.01. The van der Waals surface area contributed by atoms with Gasteiger partial charge in [0, 0.05) is 17.0 Å². The molecule has 1 atom stereocenters. The average molecular weight is 211 g/mol. The zero-order valence-electron chi connectivity index (χ0n) is 7.80. The van der Waals surface area contributed by atoms with Crippen LogP contribution in [0.5, 0.6) is 5.75 Å². The summed E-state index contributed by atoms with van der Waals surface area (Å²) in [4.78, 5) is 0. The van der Waals surface area contributed by atoms with Crippen molar-refractivity contribution in [3.63, 3.8) is 0 Å². The van der Waals surface area contributed by atoms with Gasteiger partial charge >= 0.3 is 0 Å². The molecule has 1 aromatic carbocycles. The third-order valence-corrected chi connectivity index (χ3v) is 2.47. The molecular weight excluding hydrogens is 200 g/mol. The van der Waals surface area contributed by atoms with Crippen LogP contribution in [0.3, 0.4) is 0 Å². The van der Waals surface area contributed by atoms with Crippen molar-refractivity contribution in [3.8, 4) is 5.75 Å². The maximum Gasteiger partial charge on any atom is 0.134 e. The average Bonchev–Trinajstić information content (AvgIpc) is 2.42. The second-order valence-electron chi connectivity index (χ2n) is 3.49. The highest BCUT2D eigenvalue weighted by molar-refractivity contribution is 6.31. The van der Waals surface area contributed by atoms with Crippen molar-refractivity contribution in [1.82, 2.24) is 0 Å². The van der Waals surface area contributed by atoms with Crippen LogP contribution in [0, 0.1) is 5.41 Å². The molecule has 0 saturated carbocycles. The minimum Gasteiger partial charge on any atom is -0.489 e. The summed E-state index contributed by atoms with van der Waals surface area (Å²) in [5.41, 5.74) is 7.08. The topological polar surface area (TPSA) is 59.1 Å². The van der Waals surface area contributed by atoms with E-state index in [4.69, 9.17) is 27.5 Å². The number of hydrogen-bond donors (Lipinski definition) is 2. The summed E-state index contributed by atoms with van der Waals surface area (Å²) in [6.45, 7) is 1.98. The molecule has 0 spiro atoms. The van der Waals surface area contributed by atoms with E-state index in [1.165, 1.54) is 0 Å². The summed E-state index contributed by atoms with van der Waals surface area (Å²) in [7, 11) is 0. The van der Waals surface area contributed by atoms with Crippen LogP contribution in [0.4, 0.5) is 0 Å². The van der Waals surface area contributed by atoms with Crippen LogP contribution in [-0.4, -0.2) is 11.9 Å². The van der Waals surface area contributed by atoms with Crippen LogP contribution >= 0.6 is 11.6 Å². The first-order chi connectivity index (χ1) is 6.58. The van der Waals surface area contributed by atoms with Crippen molar-refractivity contribution in [2.45, 2.75) is 19.4 Å². The third-order valence-electron chi connectivity index (χ3n) is 2.25. The van der Waals surface area contributed by atoms with Gasteiger partial charge < -0.3 is 10.5 Å². The molecule has 0 radical (unpaired) electrons. The van der Waals surface area contributed by atoms with E-state index in [0.29, 0.717) is 10.6 Å². The molecule has 1 aliphatic heterocycles. The lowest BCUT2D eigenvalue weighted by Gasteiger charge is -2.08. The lowest BCUT2D eigenvalue weighted by Crippen LogP contribution is -2.13. The first-order valence-corrected chi connectivity index (χ1v) is 4.79. The highest BCUT2D eigenvalue weighted by Gasteiger charge is 2.23. The lowest BCUT2D eigenvalue weighted by molar-refractivity contribution is 0.254. The molecule has 1 aromatic rings. The monoisotopic (exact) mass is 210 g/mol. The minimum absolute atomic E-state index is 0.00199. The molecule has 1 heterocycles. The van der Waals surface area contributed by atoms with E-state index in [1.807, 2.05) is 13.0 Å². The predicted molar refractivity (Wildman–Crippen MR) is 56.3 cm³/mol. The van der Waals surface area contributed by atoms with E-state index in [9.17, 15) is 0 Å². The maximum absolute atomic E-state index is 7.41. The molecule has 0 bridgehead atoms. The Hall–Kier alpha value is -1.22. The highest BCUT2D eigenvalue weighted by Crippen LogP contribution is 2.34. The number of nitrogens with one attached hydrogen (secondary N) is 1. The van der Waals surface area contributed by atoms with Gasteiger partial charge in [-0.1, -0.05) is 11.6 Å². The zero-order valence-corrected chi connectivity index (χ0v) is 8.56. The zero-order chi connectivity index (χ0) is 10.3. The molecule has 2 rings (SSSR count). The van der Waals surface area contributed by atoms with Crippen molar-refractivity contribution in [2.24, 2.45) is 5.73 Å². The summed E-state index contributed by atoms with van der Waals surface area (Å²) in [6, 6.07) is 3.54. The molecule has 0 fully saturated rings. The van der Waals surface area contributed by atoms with E-state index in [2.05, 4.69) is 0 Å². The molecule has 0 amide bonds. The van der Waals surface area contributed by atoms with Crippen LogP contribution in [-0.2, 0) is 6.42 Å². The quantitative estimate of drug-likeness (QED) is 0.550. The summed E-state index contributed by atoms with van der Waals surface area (Å²) >= 11 is 5.91. The molecule has 3 N–H and O–H groups in total. The Labute approximate surface area is 87.3 Å². The van der Waals surface area contributed by atoms with Gasteiger partial charge in [0.05, 0.1) is 5.56 Å². The van der Waals surface area contributed by atoms with Crippen LogP contribution in [0.15, 0.2) is 12.1 Å².